The predicted octanol–water partition coefficient (Wildman–Crippen LogP) is 2.83. The van der Waals surface area contributed by atoms with Gasteiger partial charge < -0.3 is 0 Å². The van der Waals surface area contributed by atoms with Crippen molar-refractivity contribution in [2.75, 3.05) is 5.43 Å². The van der Waals surface area contributed by atoms with E-state index >= 15 is 0 Å². The summed E-state index contributed by atoms with van der Waals surface area (Å²) < 4.78 is 0. The van der Waals surface area contributed by atoms with Crippen LogP contribution < -0.4 is 32.5 Å². The van der Waals surface area contributed by atoms with E-state index in [0.29, 0.717) is 31.9 Å². The molecule has 2 N–H and O–H groups in total. The number of para-hydroxylation sites is 1. The van der Waals surface area contributed by atoms with Gasteiger partial charge in [-0.05, 0) is 37.1 Å². The normalized spacial score (nSPS) is 16.0. The molecule has 2 aromatic rings. The Morgan fingerprint density at radius 1 is 0.688 bits per heavy atom. The Labute approximate surface area is 184 Å². The lowest BCUT2D eigenvalue weighted by Crippen LogP contribution is -2.31. The maximum atomic E-state index is 13.5. The monoisotopic (exact) mass is 424 g/mol. The third-order valence-electron chi connectivity index (χ3n) is 6.08. The largest absolute Gasteiger partial charge is 0.288 e. The molecular formula is C26H24N4O2. The molecule has 0 aromatic heterocycles. The summed E-state index contributed by atoms with van der Waals surface area (Å²) in [5, 5.41) is 6.91. The van der Waals surface area contributed by atoms with Gasteiger partial charge in [-0.25, -0.2) is 5.53 Å². The van der Waals surface area contributed by atoms with Gasteiger partial charge in [-0.15, -0.1) is 0 Å². The van der Waals surface area contributed by atoms with Gasteiger partial charge in [-0.3, -0.25) is 20.0 Å². The Kier molecular flexibility index (Phi) is 5.50. The summed E-state index contributed by atoms with van der Waals surface area (Å²) in [6.07, 6.45) is 5.56. The number of hydrogen-bond donors (Lipinski definition) is 2. The highest BCUT2D eigenvalue weighted by atomic mass is 16.1. The van der Waals surface area contributed by atoms with Gasteiger partial charge in [0.25, 0.3) is 0 Å². The average molecular weight is 425 g/mol. The van der Waals surface area contributed by atoms with E-state index in [0.717, 1.165) is 31.4 Å². The van der Waals surface area contributed by atoms with Crippen LogP contribution in [0, 0.1) is 10.4 Å². The highest BCUT2D eigenvalue weighted by Gasteiger charge is 2.14. The van der Waals surface area contributed by atoms with Crippen molar-refractivity contribution in [2.45, 2.75) is 38.1 Å². The minimum absolute atomic E-state index is 0.169. The summed E-state index contributed by atoms with van der Waals surface area (Å²) in [7, 11) is 0. The molecule has 0 heterocycles. The second kappa shape index (κ2) is 8.75. The van der Waals surface area contributed by atoms with Gasteiger partial charge in [-0.1, -0.05) is 61.7 Å². The number of benzene rings is 2. The van der Waals surface area contributed by atoms with Crippen LogP contribution in [-0.4, -0.2) is 6.04 Å². The van der Waals surface area contributed by atoms with Crippen molar-refractivity contribution in [2.24, 2.45) is 10.1 Å². The Bertz CT molecular complexity index is 1550. The fraction of sp³-hybridized carbons (Fsp3) is 0.231. The van der Waals surface area contributed by atoms with E-state index < -0.39 is 0 Å². The lowest BCUT2D eigenvalue weighted by atomic mass is 9.96. The zero-order valence-electron chi connectivity index (χ0n) is 17.7. The second-order valence-corrected chi connectivity index (χ2v) is 8.19. The van der Waals surface area contributed by atoms with Crippen molar-refractivity contribution in [3.8, 4) is 0 Å². The van der Waals surface area contributed by atoms with E-state index in [2.05, 4.69) is 16.1 Å². The smallest absolute Gasteiger partial charge is 0.196 e. The van der Waals surface area contributed by atoms with Crippen molar-refractivity contribution < 1.29 is 0 Å². The van der Waals surface area contributed by atoms with Crippen LogP contribution in [0.2, 0.25) is 0 Å². The number of hydrogen-bond acceptors (Lipinski definition) is 6. The van der Waals surface area contributed by atoms with Crippen molar-refractivity contribution in [3.05, 3.63) is 108 Å². The zero-order valence-corrected chi connectivity index (χ0v) is 17.7. The molecule has 0 unspecified atom stereocenters. The third-order valence-corrected chi connectivity index (χ3v) is 6.08. The molecule has 0 atom stereocenters. The van der Waals surface area contributed by atoms with Crippen molar-refractivity contribution >= 4 is 16.5 Å². The molecule has 32 heavy (non-hydrogen) atoms. The third kappa shape index (κ3) is 3.80. The van der Waals surface area contributed by atoms with Gasteiger partial charge >= 0.3 is 0 Å². The quantitative estimate of drug-likeness (QED) is 0.494. The highest BCUT2D eigenvalue weighted by molar-refractivity contribution is 5.82. The SMILES string of the molecule is O=c1c2c(=NC3CCCCC3)cc/c(=N\NNc3ccccc3)c=2c(=O)c2ccccc12. The van der Waals surface area contributed by atoms with Gasteiger partial charge in [-0.2, -0.15) is 5.10 Å². The molecule has 5 rings (SSSR count). The lowest BCUT2D eigenvalue weighted by Gasteiger charge is -2.17. The number of hydrazine groups is 1. The molecule has 0 aliphatic heterocycles. The molecule has 1 saturated carbocycles. The molecule has 6 nitrogen and oxygen atoms in total. The molecular weight excluding hydrogens is 400 g/mol. The molecule has 3 aliphatic carbocycles. The summed E-state index contributed by atoms with van der Waals surface area (Å²) >= 11 is 0. The van der Waals surface area contributed by atoms with Gasteiger partial charge in [0.2, 0.25) is 0 Å². The van der Waals surface area contributed by atoms with Crippen molar-refractivity contribution in [3.63, 3.8) is 0 Å². The summed E-state index contributed by atoms with van der Waals surface area (Å²) in [6, 6.07) is 20.3. The first kappa shape index (κ1) is 20.1. The van der Waals surface area contributed by atoms with Gasteiger partial charge in [0.1, 0.15) is 0 Å². The second-order valence-electron chi connectivity index (χ2n) is 8.19. The van der Waals surface area contributed by atoms with Gasteiger partial charge in [0, 0.05) is 10.8 Å². The first-order valence-electron chi connectivity index (χ1n) is 11.1. The summed E-state index contributed by atoms with van der Waals surface area (Å²) in [5.74, 6) is 0. The molecule has 3 aliphatic rings. The lowest BCUT2D eigenvalue weighted by molar-refractivity contribution is 0.437. The number of fused-ring (bicyclic) bond motifs is 1. The van der Waals surface area contributed by atoms with Crippen LogP contribution in [0.25, 0.3) is 10.8 Å². The molecule has 6 heteroatoms. The maximum absolute atomic E-state index is 13.5. The van der Waals surface area contributed by atoms with E-state index in [9.17, 15) is 9.59 Å². The standard InChI is InChI=1S/C26H24N4O2/c31-25-19-13-7-8-14-20(19)26(32)24-22(29-30-28-18-11-5-2-6-12-18)16-15-21(23(24)25)27-17-9-3-1-4-10-17/h2,5-8,11-17,28,30H,1,3-4,9-10H2/b27-21?,29-22+. The average Bonchev–Trinajstić information content (AvgIpc) is 2.84. The number of nitrogens with one attached hydrogen (secondary N) is 2. The molecule has 0 bridgehead atoms. The van der Waals surface area contributed by atoms with Crippen LogP contribution >= 0.6 is 0 Å². The van der Waals surface area contributed by atoms with Gasteiger partial charge in [0.05, 0.1) is 32.9 Å². The van der Waals surface area contributed by atoms with E-state index in [1.165, 1.54) is 6.42 Å². The van der Waals surface area contributed by atoms with Gasteiger partial charge in [0.15, 0.2) is 10.9 Å². The van der Waals surface area contributed by atoms with Crippen LogP contribution in [0.3, 0.4) is 0 Å². The molecule has 0 saturated heterocycles. The topological polar surface area (TPSA) is 82.9 Å². The molecule has 2 aromatic carbocycles. The predicted molar refractivity (Wildman–Crippen MR) is 125 cm³/mol. The van der Waals surface area contributed by atoms with Crippen LogP contribution in [0.4, 0.5) is 5.69 Å². The fourth-order valence-corrected chi connectivity index (χ4v) is 4.47. The van der Waals surface area contributed by atoms with Crippen molar-refractivity contribution in [1.82, 2.24) is 5.53 Å². The number of anilines is 1. The molecule has 0 radical (unpaired) electrons. The summed E-state index contributed by atoms with van der Waals surface area (Å²) in [5.41, 5.74) is 6.27. The van der Waals surface area contributed by atoms with E-state index in [1.54, 1.807) is 30.3 Å². The summed E-state index contributed by atoms with van der Waals surface area (Å²) in [4.78, 5) is 31.8. The molecule has 0 amide bonds. The Balaban J connectivity index is 1.76. The molecule has 0 spiro atoms. The van der Waals surface area contributed by atoms with Crippen LogP contribution in [0.15, 0.2) is 86.4 Å². The van der Waals surface area contributed by atoms with Crippen molar-refractivity contribution in [1.29, 1.82) is 0 Å². The van der Waals surface area contributed by atoms with E-state index in [1.807, 2.05) is 36.4 Å². The van der Waals surface area contributed by atoms with Crippen LogP contribution in [0.5, 0.6) is 0 Å². The van der Waals surface area contributed by atoms with E-state index in [-0.39, 0.29) is 16.9 Å². The Morgan fingerprint density at radius 3 is 1.97 bits per heavy atom. The number of rotatable bonds is 4. The Hall–Kier alpha value is -3.80. The van der Waals surface area contributed by atoms with Crippen LogP contribution in [0.1, 0.15) is 32.1 Å². The molecule has 160 valence electrons. The minimum Gasteiger partial charge on any atom is -0.288 e. The summed E-state index contributed by atoms with van der Waals surface area (Å²) in [6.45, 7) is 0. The fourth-order valence-electron chi connectivity index (χ4n) is 4.47. The zero-order chi connectivity index (χ0) is 21.9. The maximum Gasteiger partial charge on any atom is 0.196 e. The van der Waals surface area contributed by atoms with Crippen LogP contribution in [-0.2, 0) is 0 Å². The highest BCUT2D eigenvalue weighted by Crippen LogP contribution is 2.19. The first-order valence-corrected chi connectivity index (χ1v) is 11.1. The molecule has 1 fully saturated rings. The Morgan fingerprint density at radius 2 is 1.28 bits per heavy atom. The minimum atomic E-state index is -0.198. The van der Waals surface area contributed by atoms with E-state index in [4.69, 9.17) is 4.99 Å². The number of nitrogens with zero attached hydrogens (tertiary/aromatic N) is 2. The first-order chi connectivity index (χ1) is 15.7.